The summed E-state index contributed by atoms with van der Waals surface area (Å²) in [6.07, 6.45) is 1.64. The van der Waals surface area contributed by atoms with Gasteiger partial charge in [-0.1, -0.05) is 35.9 Å². The normalized spacial score (nSPS) is 11.6. The number of nitrogens with one attached hydrogen (secondary N) is 1. The number of aromatic nitrogens is 1. The van der Waals surface area contributed by atoms with Gasteiger partial charge in [-0.15, -0.1) is 0 Å². The first kappa shape index (κ1) is 22.6. The number of carbonyl (C=O) groups is 2. The molecule has 0 radical (unpaired) electrons. The number of hydrogen-bond donors (Lipinski definition) is 2. The number of fused-ring (bicyclic) bond motifs is 2. The molecule has 2 aromatic carbocycles. The summed E-state index contributed by atoms with van der Waals surface area (Å²) in [6.45, 7) is 3.71. The number of halogens is 1. The van der Waals surface area contributed by atoms with E-state index in [9.17, 15) is 9.59 Å². The molecule has 9 heteroatoms. The number of ether oxygens (including phenoxy) is 1. The van der Waals surface area contributed by atoms with Gasteiger partial charge in [-0.25, -0.2) is 5.43 Å². The second-order valence-corrected chi connectivity index (χ2v) is 7.75. The van der Waals surface area contributed by atoms with Gasteiger partial charge in [0.25, 0.3) is 0 Å². The lowest BCUT2D eigenvalue weighted by Crippen LogP contribution is -2.16. The summed E-state index contributed by atoms with van der Waals surface area (Å²) in [7, 11) is 0. The maximum Gasteiger partial charge on any atom is 0.307 e. The number of nitrogens with zero attached hydrogens (tertiary/aromatic N) is 2. The molecule has 0 aliphatic rings. The van der Waals surface area contributed by atoms with Crippen LogP contribution in [0.2, 0.25) is 5.15 Å². The van der Waals surface area contributed by atoms with Gasteiger partial charge in [0, 0.05) is 35.0 Å². The average Bonchev–Trinajstić information content (AvgIpc) is 3.33. The predicted octanol–water partition coefficient (Wildman–Crippen LogP) is 3.87. The van der Waals surface area contributed by atoms with E-state index in [4.69, 9.17) is 26.5 Å². The molecular formula is C24H23ClN4O4. The fourth-order valence-corrected chi connectivity index (χ4v) is 3.99. The van der Waals surface area contributed by atoms with Crippen LogP contribution in [0.1, 0.15) is 28.6 Å². The highest BCUT2D eigenvalue weighted by Gasteiger charge is 2.15. The Morgan fingerprint density at radius 3 is 2.85 bits per heavy atom. The summed E-state index contributed by atoms with van der Waals surface area (Å²) >= 11 is 6.62. The van der Waals surface area contributed by atoms with Crippen molar-refractivity contribution in [3.05, 3.63) is 70.6 Å². The predicted molar refractivity (Wildman–Crippen MR) is 128 cm³/mol. The lowest BCUT2D eigenvalue weighted by Gasteiger charge is -2.06. The Morgan fingerprint density at radius 2 is 2.06 bits per heavy atom. The molecule has 2 heterocycles. The number of primary amides is 1. The Hall–Kier alpha value is -3.62. The number of hydrazone groups is 1. The van der Waals surface area contributed by atoms with Gasteiger partial charge in [0.05, 0.1) is 19.2 Å². The Labute approximate surface area is 194 Å². The Kier molecular flexibility index (Phi) is 6.76. The molecule has 2 aromatic heterocycles. The van der Waals surface area contributed by atoms with Crippen molar-refractivity contribution < 1.29 is 18.7 Å². The van der Waals surface area contributed by atoms with Crippen LogP contribution >= 0.6 is 11.6 Å². The molecule has 3 N–H and O–H groups in total. The van der Waals surface area contributed by atoms with E-state index in [0.717, 1.165) is 16.5 Å². The van der Waals surface area contributed by atoms with E-state index < -0.39 is 11.8 Å². The lowest BCUT2D eigenvalue weighted by atomic mass is 10.1. The van der Waals surface area contributed by atoms with Crippen LogP contribution in [0.5, 0.6) is 0 Å². The van der Waals surface area contributed by atoms with Crippen molar-refractivity contribution in [3.8, 4) is 0 Å². The molecule has 170 valence electrons. The monoisotopic (exact) mass is 466 g/mol. The van der Waals surface area contributed by atoms with Crippen molar-refractivity contribution in [1.82, 2.24) is 9.99 Å². The van der Waals surface area contributed by atoms with Crippen molar-refractivity contribution >= 4 is 51.5 Å². The molecule has 0 atom stereocenters. The standard InChI is InChI=1S/C24H23ClN4O4/c1-2-32-10-9-29-19-6-4-3-5-17(19)18(23(29)25)14-27-28-24(31)21-13-16-11-15(12-22(26)30)7-8-20(16)33-21/h3-8,11,13-14H,2,9-10,12H2,1H3,(H2,26,30)(H,28,31). The number of rotatable bonds is 9. The van der Waals surface area contributed by atoms with Gasteiger partial charge in [-0.3, -0.25) is 9.59 Å². The first-order chi connectivity index (χ1) is 16.0. The van der Waals surface area contributed by atoms with Gasteiger partial charge < -0.3 is 19.5 Å². The fourth-order valence-electron chi connectivity index (χ4n) is 3.67. The molecule has 8 nitrogen and oxygen atoms in total. The van der Waals surface area contributed by atoms with E-state index in [1.54, 1.807) is 24.3 Å². The van der Waals surface area contributed by atoms with Gasteiger partial charge in [0.2, 0.25) is 5.91 Å². The van der Waals surface area contributed by atoms with Gasteiger partial charge in [-0.2, -0.15) is 5.10 Å². The zero-order valence-corrected chi connectivity index (χ0v) is 18.8. The minimum atomic E-state index is -0.505. The van der Waals surface area contributed by atoms with Crippen LogP contribution in [0.15, 0.2) is 58.0 Å². The van der Waals surface area contributed by atoms with E-state index in [0.29, 0.717) is 41.4 Å². The molecule has 0 bridgehead atoms. The molecule has 33 heavy (non-hydrogen) atoms. The molecular weight excluding hydrogens is 444 g/mol. The maximum absolute atomic E-state index is 12.5. The van der Waals surface area contributed by atoms with Gasteiger partial charge >= 0.3 is 5.91 Å². The molecule has 0 unspecified atom stereocenters. The molecule has 0 saturated carbocycles. The molecule has 0 aliphatic heterocycles. The van der Waals surface area contributed by atoms with Crippen molar-refractivity contribution in [2.75, 3.05) is 13.2 Å². The molecule has 2 amide bonds. The summed E-state index contributed by atoms with van der Waals surface area (Å²) < 4.78 is 13.0. The van der Waals surface area contributed by atoms with Crippen LogP contribution < -0.4 is 11.2 Å². The molecule has 4 rings (SSSR count). The Balaban J connectivity index is 1.52. The average molecular weight is 467 g/mol. The number of benzene rings is 2. The topological polar surface area (TPSA) is 112 Å². The number of hydrogen-bond acceptors (Lipinski definition) is 5. The number of para-hydroxylation sites is 1. The zero-order valence-electron chi connectivity index (χ0n) is 18.0. The van der Waals surface area contributed by atoms with Crippen LogP contribution in [0, 0.1) is 0 Å². The zero-order chi connectivity index (χ0) is 23.4. The third-order valence-corrected chi connectivity index (χ3v) is 5.56. The maximum atomic E-state index is 12.5. The summed E-state index contributed by atoms with van der Waals surface area (Å²) in [5, 5.41) is 6.22. The van der Waals surface area contributed by atoms with Crippen molar-refractivity contribution in [2.24, 2.45) is 10.8 Å². The minimum absolute atomic E-state index is 0.101. The van der Waals surface area contributed by atoms with Crippen LogP contribution in [-0.2, 0) is 22.5 Å². The van der Waals surface area contributed by atoms with Crippen molar-refractivity contribution in [1.29, 1.82) is 0 Å². The van der Waals surface area contributed by atoms with E-state index in [1.165, 1.54) is 6.21 Å². The fraction of sp³-hybridized carbons (Fsp3) is 0.208. The van der Waals surface area contributed by atoms with E-state index >= 15 is 0 Å². The van der Waals surface area contributed by atoms with Crippen LogP contribution in [0.25, 0.3) is 21.9 Å². The third-order valence-electron chi connectivity index (χ3n) is 5.15. The largest absolute Gasteiger partial charge is 0.451 e. The van der Waals surface area contributed by atoms with Crippen molar-refractivity contribution in [2.45, 2.75) is 19.9 Å². The van der Waals surface area contributed by atoms with Crippen molar-refractivity contribution in [3.63, 3.8) is 0 Å². The highest BCUT2D eigenvalue weighted by atomic mass is 35.5. The van der Waals surface area contributed by atoms with Gasteiger partial charge in [0.15, 0.2) is 5.76 Å². The highest BCUT2D eigenvalue weighted by Crippen LogP contribution is 2.29. The molecule has 0 spiro atoms. The van der Waals surface area contributed by atoms with Gasteiger partial charge in [0.1, 0.15) is 10.7 Å². The SMILES string of the molecule is CCOCCn1c(Cl)c(C=NNC(=O)c2cc3cc(CC(N)=O)ccc3o2)c2ccccc21. The summed E-state index contributed by atoms with van der Waals surface area (Å²) in [6, 6.07) is 14.6. The van der Waals surface area contributed by atoms with Gasteiger partial charge in [-0.05, 0) is 36.8 Å². The number of amides is 2. The number of nitrogens with two attached hydrogens (primary N) is 1. The number of furan rings is 1. The Morgan fingerprint density at radius 1 is 1.24 bits per heavy atom. The summed E-state index contributed by atoms with van der Waals surface area (Å²) in [5.41, 5.74) is 10.6. The third kappa shape index (κ3) is 4.92. The quantitative estimate of drug-likeness (QED) is 0.221. The minimum Gasteiger partial charge on any atom is -0.451 e. The summed E-state index contributed by atoms with van der Waals surface area (Å²) in [5.74, 6) is -0.832. The molecule has 4 aromatic rings. The summed E-state index contributed by atoms with van der Waals surface area (Å²) in [4.78, 5) is 23.7. The second-order valence-electron chi connectivity index (χ2n) is 7.40. The molecule has 0 aliphatic carbocycles. The second kappa shape index (κ2) is 9.89. The lowest BCUT2D eigenvalue weighted by molar-refractivity contribution is -0.117. The number of carbonyl (C=O) groups excluding carboxylic acids is 2. The Bertz CT molecular complexity index is 1360. The van der Waals surface area contributed by atoms with E-state index in [2.05, 4.69) is 10.5 Å². The molecule has 0 fully saturated rings. The van der Waals surface area contributed by atoms with Crippen LogP contribution in [0.4, 0.5) is 0 Å². The smallest absolute Gasteiger partial charge is 0.307 e. The van der Waals surface area contributed by atoms with E-state index in [1.807, 2.05) is 35.8 Å². The van der Waals surface area contributed by atoms with E-state index in [-0.39, 0.29) is 12.2 Å². The highest BCUT2D eigenvalue weighted by molar-refractivity contribution is 6.34. The van der Waals surface area contributed by atoms with Crippen LogP contribution in [-0.4, -0.2) is 35.8 Å². The first-order valence-electron chi connectivity index (χ1n) is 10.5. The first-order valence-corrected chi connectivity index (χ1v) is 10.8. The molecule has 0 saturated heterocycles. The van der Waals surface area contributed by atoms with Crippen LogP contribution in [0.3, 0.4) is 0 Å².